The first-order valence-electron chi connectivity index (χ1n) is 5.29. The molecule has 3 nitrogen and oxygen atoms in total. The molecular weight excluding hydrogens is 200 g/mol. The summed E-state index contributed by atoms with van der Waals surface area (Å²) in [6.07, 6.45) is 2.97. The van der Waals surface area contributed by atoms with Crippen molar-refractivity contribution < 1.29 is 4.79 Å². The lowest BCUT2D eigenvalue weighted by Crippen LogP contribution is -1.97. The van der Waals surface area contributed by atoms with E-state index >= 15 is 0 Å². The van der Waals surface area contributed by atoms with Gasteiger partial charge in [0.25, 0.3) is 0 Å². The zero-order valence-corrected chi connectivity index (χ0v) is 8.68. The Morgan fingerprint density at radius 3 is 2.69 bits per heavy atom. The van der Waals surface area contributed by atoms with Gasteiger partial charge in [-0.05, 0) is 6.42 Å². The minimum absolute atomic E-state index is 0.162. The van der Waals surface area contributed by atoms with E-state index in [0.29, 0.717) is 17.8 Å². The van der Waals surface area contributed by atoms with Crippen molar-refractivity contribution in [2.24, 2.45) is 0 Å². The van der Waals surface area contributed by atoms with Crippen LogP contribution in [0.4, 0.5) is 0 Å². The fraction of sp³-hybridized carbons (Fsp3) is 0.154. The van der Waals surface area contributed by atoms with Gasteiger partial charge in [-0.2, -0.15) is 0 Å². The van der Waals surface area contributed by atoms with Crippen molar-refractivity contribution in [3.63, 3.8) is 0 Å². The highest BCUT2D eigenvalue weighted by atomic mass is 16.1. The molecule has 78 valence electrons. The Kier molecular flexibility index (Phi) is 2.03. The van der Waals surface area contributed by atoms with Crippen LogP contribution in [0.3, 0.4) is 0 Å². The van der Waals surface area contributed by atoms with Gasteiger partial charge >= 0.3 is 0 Å². The molecule has 0 amide bonds. The summed E-state index contributed by atoms with van der Waals surface area (Å²) >= 11 is 0. The lowest BCUT2D eigenvalue weighted by Gasteiger charge is -2.01. The molecule has 0 bridgehead atoms. The van der Waals surface area contributed by atoms with Crippen LogP contribution in [0.1, 0.15) is 22.5 Å². The molecule has 1 aliphatic rings. The monoisotopic (exact) mass is 210 g/mol. The van der Waals surface area contributed by atoms with Crippen molar-refractivity contribution in [1.29, 1.82) is 0 Å². The van der Waals surface area contributed by atoms with Gasteiger partial charge in [0.05, 0.1) is 11.3 Å². The van der Waals surface area contributed by atoms with E-state index in [1.54, 1.807) is 6.20 Å². The Hall–Kier alpha value is -2.03. The number of carbonyl (C=O) groups is 1. The maximum absolute atomic E-state index is 11.4. The Labute approximate surface area is 93.2 Å². The number of rotatable bonds is 1. The Balaban J connectivity index is 2.09. The van der Waals surface area contributed by atoms with Crippen molar-refractivity contribution in [2.75, 3.05) is 0 Å². The molecule has 1 heterocycles. The van der Waals surface area contributed by atoms with Crippen LogP contribution in [0.2, 0.25) is 0 Å². The van der Waals surface area contributed by atoms with Crippen LogP contribution < -0.4 is 0 Å². The summed E-state index contributed by atoms with van der Waals surface area (Å²) in [5.74, 6) is 0.865. The lowest BCUT2D eigenvalue weighted by atomic mass is 10.2. The summed E-state index contributed by atoms with van der Waals surface area (Å²) in [4.78, 5) is 20.1. The van der Waals surface area contributed by atoms with Gasteiger partial charge < -0.3 is 0 Å². The molecule has 0 saturated heterocycles. The first kappa shape index (κ1) is 9.21. The van der Waals surface area contributed by atoms with Crippen molar-refractivity contribution in [3.8, 4) is 11.4 Å². The van der Waals surface area contributed by atoms with Crippen molar-refractivity contribution >= 4 is 5.78 Å². The van der Waals surface area contributed by atoms with Gasteiger partial charge in [0, 0.05) is 18.2 Å². The van der Waals surface area contributed by atoms with E-state index in [1.807, 2.05) is 30.3 Å². The highest BCUT2D eigenvalue weighted by molar-refractivity contribution is 5.99. The maximum atomic E-state index is 11.4. The minimum atomic E-state index is 0.162. The summed E-state index contributed by atoms with van der Waals surface area (Å²) in [6, 6.07) is 9.81. The summed E-state index contributed by atoms with van der Waals surface area (Å²) in [5.41, 5.74) is 2.57. The number of Topliss-reactive ketones (excluding diaryl/α,β-unsaturated/α-hetero) is 1. The standard InChI is InChI=1S/C13H10N2O/c16-12-7-6-11-10(12)8-14-13(15-11)9-4-2-1-3-5-9/h1-5,8H,6-7H2. The summed E-state index contributed by atoms with van der Waals surface area (Å²) in [5, 5.41) is 0. The van der Waals surface area contributed by atoms with E-state index in [0.717, 1.165) is 17.7 Å². The molecule has 3 heteroatoms. The van der Waals surface area contributed by atoms with Gasteiger partial charge in [0.1, 0.15) is 0 Å². The van der Waals surface area contributed by atoms with Gasteiger partial charge in [-0.25, -0.2) is 9.97 Å². The predicted molar refractivity (Wildman–Crippen MR) is 60.1 cm³/mol. The van der Waals surface area contributed by atoms with E-state index in [4.69, 9.17) is 0 Å². The normalized spacial score (nSPS) is 13.9. The zero-order valence-electron chi connectivity index (χ0n) is 8.68. The van der Waals surface area contributed by atoms with Crippen molar-refractivity contribution in [2.45, 2.75) is 12.8 Å². The smallest absolute Gasteiger partial charge is 0.166 e. The number of hydrogen-bond donors (Lipinski definition) is 0. The first-order chi connectivity index (χ1) is 7.84. The molecule has 1 aromatic carbocycles. The van der Waals surface area contributed by atoms with Crippen LogP contribution in [0, 0.1) is 0 Å². The lowest BCUT2D eigenvalue weighted by molar-refractivity contribution is 0.0994. The Morgan fingerprint density at radius 2 is 1.88 bits per heavy atom. The third kappa shape index (κ3) is 1.41. The molecule has 1 aromatic heterocycles. The molecule has 0 N–H and O–H groups in total. The number of aromatic nitrogens is 2. The highest BCUT2D eigenvalue weighted by Crippen LogP contribution is 2.22. The number of nitrogens with zero attached hydrogens (tertiary/aromatic N) is 2. The van der Waals surface area contributed by atoms with Crippen LogP contribution in [0.25, 0.3) is 11.4 Å². The molecule has 0 fully saturated rings. The highest BCUT2D eigenvalue weighted by Gasteiger charge is 2.21. The van der Waals surface area contributed by atoms with Crippen LogP contribution in [-0.2, 0) is 6.42 Å². The number of carbonyl (C=O) groups excluding carboxylic acids is 1. The molecule has 0 unspecified atom stereocenters. The number of aryl methyl sites for hydroxylation is 1. The second-order valence-corrected chi connectivity index (χ2v) is 3.84. The molecule has 16 heavy (non-hydrogen) atoms. The van der Waals surface area contributed by atoms with E-state index in [9.17, 15) is 4.79 Å². The molecular formula is C13H10N2O. The van der Waals surface area contributed by atoms with Crippen LogP contribution >= 0.6 is 0 Å². The molecule has 0 spiro atoms. The summed E-state index contributed by atoms with van der Waals surface area (Å²) < 4.78 is 0. The molecule has 0 atom stereocenters. The van der Waals surface area contributed by atoms with E-state index < -0.39 is 0 Å². The van der Waals surface area contributed by atoms with Gasteiger partial charge in [0.15, 0.2) is 11.6 Å². The quantitative estimate of drug-likeness (QED) is 0.725. The van der Waals surface area contributed by atoms with E-state index in [1.165, 1.54) is 0 Å². The topological polar surface area (TPSA) is 42.9 Å². The number of ketones is 1. The molecule has 0 aliphatic heterocycles. The second-order valence-electron chi connectivity index (χ2n) is 3.84. The SMILES string of the molecule is O=C1CCc2nc(-c3ccccc3)ncc21. The maximum Gasteiger partial charge on any atom is 0.166 e. The Bertz CT molecular complexity index is 549. The number of fused-ring (bicyclic) bond motifs is 1. The van der Waals surface area contributed by atoms with Gasteiger partial charge in [-0.3, -0.25) is 4.79 Å². The van der Waals surface area contributed by atoms with Crippen LogP contribution in [-0.4, -0.2) is 15.8 Å². The van der Waals surface area contributed by atoms with E-state index in [-0.39, 0.29) is 5.78 Å². The molecule has 2 aromatic rings. The third-order valence-electron chi connectivity index (χ3n) is 2.79. The average Bonchev–Trinajstić information content (AvgIpc) is 2.72. The first-order valence-corrected chi connectivity index (χ1v) is 5.29. The summed E-state index contributed by atoms with van der Waals surface area (Å²) in [6.45, 7) is 0. The van der Waals surface area contributed by atoms with Crippen molar-refractivity contribution in [1.82, 2.24) is 9.97 Å². The van der Waals surface area contributed by atoms with Gasteiger partial charge in [0.2, 0.25) is 0 Å². The second kappa shape index (κ2) is 3.52. The largest absolute Gasteiger partial charge is 0.294 e. The van der Waals surface area contributed by atoms with Gasteiger partial charge in [-0.1, -0.05) is 30.3 Å². The average molecular weight is 210 g/mol. The fourth-order valence-corrected chi connectivity index (χ4v) is 1.93. The number of hydrogen-bond acceptors (Lipinski definition) is 3. The summed E-state index contributed by atoms with van der Waals surface area (Å²) in [7, 11) is 0. The third-order valence-corrected chi connectivity index (χ3v) is 2.79. The minimum Gasteiger partial charge on any atom is -0.294 e. The van der Waals surface area contributed by atoms with Crippen molar-refractivity contribution in [3.05, 3.63) is 47.8 Å². The fourth-order valence-electron chi connectivity index (χ4n) is 1.93. The number of benzene rings is 1. The Morgan fingerprint density at radius 1 is 1.06 bits per heavy atom. The molecule has 3 rings (SSSR count). The predicted octanol–water partition coefficient (Wildman–Crippen LogP) is 2.27. The molecule has 0 saturated carbocycles. The van der Waals surface area contributed by atoms with Gasteiger partial charge in [-0.15, -0.1) is 0 Å². The zero-order chi connectivity index (χ0) is 11.0. The van der Waals surface area contributed by atoms with Crippen LogP contribution in [0.15, 0.2) is 36.5 Å². The van der Waals surface area contributed by atoms with E-state index in [2.05, 4.69) is 9.97 Å². The molecule has 0 radical (unpaired) electrons. The van der Waals surface area contributed by atoms with Crippen LogP contribution in [0.5, 0.6) is 0 Å². The molecule has 1 aliphatic carbocycles.